The number of hydrogen-bond donors (Lipinski definition) is 2. The molecule has 1 aliphatic carbocycles. The van der Waals surface area contributed by atoms with Crippen LogP contribution in [0.5, 0.6) is 5.75 Å². The molecule has 0 saturated heterocycles. The van der Waals surface area contributed by atoms with Gasteiger partial charge in [-0.1, -0.05) is 17.7 Å². The Bertz CT molecular complexity index is 788. The molecule has 1 saturated carbocycles. The zero-order valence-electron chi connectivity index (χ0n) is 13.1. The molecule has 0 heterocycles. The van der Waals surface area contributed by atoms with Crippen LogP contribution < -0.4 is 15.4 Å². The Kier molecular flexibility index (Phi) is 4.71. The highest BCUT2D eigenvalue weighted by Crippen LogP contribution is 2.27. The van der Waals surface area contributed by atoms with Gasteiger partial charge in [0.05, 0.1) is 12.1 Å². The van der Waals surface area contributed by atoms with Gasteiger partial charge in [0, 0.05) is 22.9 Å². The topological polar surface area (TPSA) is 67.4 Å². The number of amides is 2. The quantitative estimate of drug-likeness (QED) is 0.872. The van der Waals surface area contributed by atoms with Crippen molar-refractivity contribution in [3.8, 4) is 5.75 Å². The zero-order valence-corrected chi connectivity index (χ0v) is 13.9. The summed E-state index contributed by atoms with van der Waals surface area (Å²) >= 11 is 6.05. The number of halogens is 1. The van der Waals surface area contributed by atoms with Gasteiger partial charge < -0.3 is 15.4 Å². The summed E-state index contributed by atoms with van der Waals surface area (Å²) < 4.78 is 5.08. The van der Waals surface area contributed by atoms with Crippen LogP contribution in [0.4, 0.5) is 5.69 Å². The van der Waals surface area contributed by atoms with Crippen LogP contribution in [0.25, 0.3) is 0 Å². The van der Waals surface area contributed by atoms with Gasteiger partial charge in [-0.3, -0.25) is 9.59 Å². The average Bonchev–Trinajstić information content (AvgIpc) is 3.39. The molecule has 0 aromatic heterocycles. The van der Waals surface area contributed by atoms with Crippen LogP contribution in [-0.2, 0) is 0 Å². The summed E-state index contributed by atoms with van der Waals surface area (Å²) in [5.41, 5.74) is 1.44. The lowest BCUT2D eigenvalue weighted by atomic mass is 10.1. The molecule has 1 aliphatic rings. The Morgan fingerprint density at radius 1 is 1.08 bits per heavy atom. The molecule has 1 fully saturated rings. The van der Waals surface area contributed by atoms with E-state index in [-0.39, 0.29) is 17.9 Å². The van der Waals surface area contributed by atoms with Crippen molar-refractivity contribution in [3.63, 3.8) is 0 Å². The predicted octanol–water partition coefficient (Wildman–Crippen LogP) is 3.49. The van der Waals surface area contributed by atoms with Crippen LogP contribution in [0.3, 0.4) is 0 Å². The van der Waals surface area contributed by atoms with Crippen molar-refractivity contribution in [2.24, 2.45) is 0 Å². The second-order valence-electron chi connectivity index (χ2n) is 5.63. The average molecular weight is 345 g/mol. The lowest BCUT2D eigenvalue weighted by Crippen LogP contribution is -2.25. The second kappa shape index (κ2) is 6.93. The summed E-state index contributed by atoms with van der Waals surface area (Å²) in [4.78, 5) is 24.4. The van der Waals surface area contributed by atoms with Crippen molar-refractivity contribution < 1.29 is 14.3 Å². The van der Waals surface area contributed by atoms with E-state index in [1.807, 2.05) is 0 Å². The molecule has 0 aliphatic heterocycles. The molecule has 6 heteroatoms. The lowest BCUT2D eigenvalue weighted by molar-refractivity contribution is 0.0951. The Balaban J connectivity index is 1.72. The van der Waals surface area contributed by atoms with Gasteiger partial charge in [0.25, 0.3) is 11.8 Å². The maximum Gasteiger partial charge on any atom is 0.255 e. The Morgan fingerprint density at radius 2 is 1.79 bits per heavy atom. The highest BCUT2D eigenvalue weighted by atomic mass is 35.5. The fourth-order valence-corrected chi connectivity index (χ4v) is 2.50. The van der Waals surface area contributed by atoms with Crippen LogP contribution in [0.15, 0.2) is 42.5 Å². The van der Waals surface area contributed by atoms with Crippen molar-refractivity contribution in [1.82, 2.24) is 5.32 Å². The standard InChI is InChI=1S/C18H17ClN2O3/c1-24-16-8-7-14(10-15(16)19)21-18(23)12-4-2-3-11(9-12)17(22)20-13-5-6-13/h2-4,7-10,13H,5-6H2,1H3,(H,20,22)(H,21,23). The molecule has 3 rings (SSSR count). The molecule has 0 unspecified atom stereocenters. The van der Waals surface area contributed by atoms with Gasteiger partial charge in [0.1, 0.15) is 5.75 Å². The molecule has 2 amide bonds. The fourth-order valence-electron chi connectivity index (χ4n) is 2.25. The van der Waals surface area contributed by atoms with Gasteiger partial charge in [-0.25, -0.2) is 0 Å². The summed E-state index contributed by atoms with van der Waals surface area (Å²) in [6.07, 6.45) is 2.04. The molecule has 5 nitrogen and oxygen atoms in total. The number of benzene rings is 2. The number of rotatable bonds is 5. The first-order valence-corrected chi connectivity index (χ1v) is 8.00. The van der Waals surface area contributed by atoms with Crippen molar-refractivity contribution >= 4 is 29.1 Å². The third-order valence-corrected chi connectivity index (χ3v) is 4.00. The molecule has 0 bridgehead atoms. The molecule has 0 atom stereocenters. The molecule has 24 heavy (non-hydrogen) atoms. The SMILES string of the molecule is COc1ccc(NC(=O)c2cccc(C(=O)NC3CC3)c2)cc1Cl. The maximum atomic E-state index is 12.4. The Hall–Kier alpha value is -2.53. The molecule has 2 aromatic carbocycles. The van der Waals surface area contributed by atoms with Crippen LogP contribution in [0, 0.1) is 0 Å². The predicted molar refractivity (Wildman–Crippen MR) is 92.9 cm³/mol. The maximum absolute atomic E-state index is 12.4. The van der Waals surface area contributed by atoms with Gasteiger partial charge in [0.2, 0.25) is 0 Å². The number of ether oxygens (including phenoxy) is 1. The third-order valence-electron chi connectivity index (χ3n) is 3.71. The molecule has 2 N–H and O–H groups in total. The number of nitrogens with one attached hydrogen (secondary N) is 2. The van der Waals surface area contributed by atoms with E-state index in [9.17, 15) is 9.59 Å². The minimum Gasteiger partial charge on any atom is -0.495 e. The molecular weight excluding hydrogens is 328 g/mol. The van der Waals surface area contributed by atoms with E-state index in [4.69, 9.17) is 16.3 Å². The molecule has 0 radical (unpaired) electrons. The summed E-state index contributed by atoms with van der Waals surface area (Å²) in [7, 11) is 1.53. The van der Waals surface area contributed by atoms with E-state index in [0.717, 1.165) is 12.8 Å². The van der Waals surface area contributed by atoms with Gasteiger partial charge in [-0.05, 0) is 49.2 Å². The normalized spacial score (nSPS) is 13.2. The van der Waals surface area contributed by atoms with Crippen LogP contribution in [0.1, 0.15) is 33.6 Å². The highest BCUT2D eigenvalue weighted by Gasteiger charge is 2.24. The van der Waals surface area contributed by atoms with E-state index in [1.54, 1.807) is 42.5 Å². The first kappa shape index (κ1) is 16.3. The van der Waals surface area contributed by atoms with E-state index < -0.39 is 0 Å². The summed E-state index contributed by atoms with van der Waals surface area (Å²) in [6, 6.07) is 11.9. The number of carbonyl (C=O) groups excluding carboxylic acids is 2. The number of anilines is 1. The zero-order chi connectivity index (χ0) is 17.1. The lowest BCUT2D eigenvalue weighted by Gasteiger charge is -2.09. The first-order valence-electron chi connectivity index (χ1n) is 7.62. The second-order valence-corrected chi connectivity index (χ2v) is 6.04. The van der Waals surface area contributed by atoms with Crippen LogP contribution >= 0.6 is 11.6 Å². The fraction of sp³-hybridized carbons (Fsp3) is 0.222. The van der Waals surface area contributed by atoms with E-state index in [2.05, 4.69) is 10.6 Å². The summed E-state index contributed by atoms with van der Waals surface area (Å²) in [5.74, 6) is 0.0744. The van der Waals surface area contributed by atoms with Gasteiger partial charge >= 0.3 is 0 Å². The number of carbonyl (C=O) groups is 2. The summed E-state index contributed by atoms with van der Waals surface area (Å²) in [6.45, 7) is 0. The first-order chi connectivity index (χ1) is 11.6. The third kappa shape index (κ3) is 3.86. The number of methoxy groups -OCH3 is 1. The van der Waals surface area contributed by atoms with Crippen molar-refractivity contribution in [1.29, 1.82) is 0 Å². The minimum atomic E-state index is -0.308. The van der Waals surface area contributed by atoms with Crippen molar-refractivity contribution in [3.05, 3.63) is 58.6 Å². The molecule has 0 spiro atoms. The van der Waals surface area contributed by atoms with Crippen molar-refractivity contribution in [2.75, 3.05) is 12.4 Å². The Morgan fingerprint density at radius 3 is 2.42 bits per heavy atom. The monoisotopic (exact) mass is 344 g/mol. The molecule has 124 valence electrons. The van der Waals surface area contributed by atoms with E-state index in [0.29, 0.717) is 27.6 Å². The minimum absolute atomic E-state index is 0.153. The van der Waals surface area contributed by atoms with E-state index >= 15 is 0 Å². The van der Waals surface area contributed by atoms with Crippen LogP contribution in [-0.4, -0.2) is 25.0 Å². The van der Waals surface area contributed by atoms with Gasteiger partial charge in [-0.15, -0.1) is 0 Å². The van der Waals surface area contributed by atoms with Crippen LogP contribution in [0.2, 0.25) is 5.02 Å². The molecule has 2 aromatic rings. The van der Waals surface area contributed by atoms with E-state index in [1.165, 1.54) is 7.11 Å². The van der Waals surface area contributed by atoms with Gasteiger partial charge in [-0.2, -0.15) is 0 Å². The Labute approximate surface area is 145 Å². The highest BCUT2D eigenvalue weighted by molar-refractivity contribution is 6.32. The largest absolute Gasteiger partial charge is 0.495 e. The van der Waals surface area contributed by atoms with Crippen molar-refractivity contribution in [2.45, 2.75) is 18.9 Å². The summed E-state index contributed by atoms with van der Waals surface area (Å²) in [5, 5.41) is 6.07. The smallest absolute Gasteiger partial charge is 0.255 e. The number of hydrogen-bond acceptors (Lipinski definition) is 3. The van der Waals surface area contributed by atoms with Gasteiger partial charge in [0.15, 0.2) is 0 Å². The molecular formula is C18H17ClN2O3.